The van der Waals surface area contributed by atoms with Crippen molar-refractivity contribution in [1.82, 2.24) is 10.3 Å². The van der Waals surface area contributed by atoms with Gasteiger partial charge in [0, 0.05) is 24.0 Å². The molecule has 0 saturated heterocycles. The predicted octanol–water partition coefficient (Wildman–Crippen LogP) is 0.808. The molecule has 1 aromatic heterocycles. The number of aromatic nitrogens is 1. The fraction of sp³-hybridized carbons (Fsp3) is 0.375. The summed E-state index contributed by atoms with van der Waals surface area (Å²) in [4.78, 5) is 18.2. The summed E-state index contributed by atoms with van der Waals surface area (Å²) < 4.78 is 0. The molecule has 106 valence electrons. The summed E-state index contributed by atoms with van der Waals surface area (Å²) in [7, 11) is 4.23. The first-order valence-electron chi connectivity index (χ1n) is 7.01. The lowest BCUT2D eigenvalue weighted by molar-refractivity contribution is -0.858. The fourth-order valence-electron chi connectivity index (χ4n) is 2.23. The topological polar surface area (TPSA) is 46.4 Å². The Labute approximate surface area is 119 Å². The lowest BCUT2D eigenvalue weighted by atomic mass is 10.1. The Morgan fingerprint density at radius 3 is 2.80 bits per heavy atom. The van der Waals surface area contributed by atoms with E-state index in [0.29, 0.717) is 12.1 Å². The number of para-hydroxylation sites is 1. The Morgan fingerprint density at radius 1 is 1.30 bits per heavy atom. The molecule has 2 N–H and O–H groups in total. The second-order valence-electron chi connectivity index (χ2n) is 5.39. The molecule has 4 heteroatoms. The maximum atomic E-state index is 12.3. The summed E-state index contributed by atoms with van der Waals surface area (Å²) in [5.74, 6) is -0.0135. The van der Waals surface area contributed by atoms with Gasteiger partial charge in [-0.25, -0.2) is 0 Å². The van der Waals surface area contributed by atoms with Crippen LogP contribution in [0.2, 0.25) is 0 Å². The maximum absolute atomic E-state index is 12.3. The van der Waals surface area contributed by atoms with Gasteiger partial charge >= 0.3 is 0 Å². The number of fused-ring (bicyclic) bond motifs is 1. The third-order valence-corrected chi connectivity index (χ3v) is 3.23. The van der Waals surface area contributed by atoms with E-state index in [0.717, 1.165) is 29.6 Å². The molecule has 4 nitrogen and oxygen atoms in total. The van der Waals surface area contributed by atoms with Gasteiger partial charge in [0.25, 0.3) is 5.91 Å². The summed E-state index contributed by atoms with van der Waals surface area (Å²) in [6.07, 6.45) is 0.982. The van der Waals surface area contributed by atoms with Crippen LogP contribution in [-0.4, -0.2) is 38.1 Å². The Morgan fingerprint density at radius 2 is 2.05 bits per heavy atom. The van der Waals surface area contributed by atoms with Gasteiger partial charge < -0.3 is 10.2 Å². The van der Waals surface area contributed by atoms with E-state index in [4.69, 9.17) is 0 Å². The van der Waals surface area contributed by atoms with Gasteiger partial charge in [0.05, 0.1) is 31.7 Å². The van der Waals surface area contributed by atoms with Crippen molar-refractivity contribution in [3.8, 4) is 0 Å². The third-order valence-electron chi connectivity index (χ3n) is 3.23. The summed E-state index contributed by atoms with van der Waals surface area (Å²) in [6, 6.07) is 9.62. The number of hydrogen-bond donors (Lipinski definition) is 2. The van der Waals surface area contributed by atoms with Gasteiger partial charge in [-0.3, -0.25) is 9.78 Å². The van der Waals surface area contributed by atoms with Gasteiger partial charge in [0.15, 0.2) is 0 Å². The quantitative estimate of drug-likeness (QED) is 0.791. The lowest BCUT2D eigenvalue weighted by Gasteiger charge is -2.10. The minimum atomic E-state index is -0.0135. The smallest absolute Gasteiger partial charge is 0.252 e. The van der Waals surface area contributed by atoms with Crippen LogP contribution in [0.5, 0.6) is 0 Å². The highest BCUT2D eigenvalue weighted by molar-refractivity contribution is 6.06. The van der Waals surface area contributed by atoms with E-state index in [9.17, 15) is 4.79 Å². The average Bonchev–Trinajstić information content (AvgIpc) is 2.42. The first-order valence-corrected chi connectivity index (χ1v) is 7.01. The number of carbonyl (C=O) groups is 1. The molecule has 0 radical (unpaired) electrons. The highest BCUT2D eigenvalue weighted by Gasteiger charge is 2.11. The lowest BCUT2D eigenvalue weighted by Crippen LogP contribution is -3.05. The van der Waals surface area contributed by atoms with Crippen LogP contribution in [0, 0.1) is 6.92 Å². The van der Waals surface area contributed by atoms with Gasteiger partial charge in [0.1, 0.15) is 0 Å². The third kappa shape index (κ3) is 3.54. The van der Waals surface area contributed by atoms with Crippen LogP contribution in [0.3, 0.4) is 0 Å². The van der Waals surface area contributed by atoms with Gasteiger partial charge in [-0.05, 0) is 19.1 Å². The van der Waals surface area contributed by atoms with Gasteiger partial charge in [-0.2, -0.15) is 0 Å². The van der Waals surface area contributed by atoms with Crippen molar-refractivity contribution < 1.29 is 9.69 Å². The number of pyridine rings is 1. The van der Waals surface area contributed by atoms with Gasteiger partial charge in [0.2, 0.25) is 0 Å². The molecule has 1 amide bonds. The normalized spacial score (nSPS) is 11.0. The van der Waals surface area contributed by atoms with E-state index in [1.807, 2.05) is 37.3 Å². The van der Waals surface area contributed by atoms with Crippen molar-refractivity contribution in [3.63, 3.8) is 0 Å². The zero-order valence-electron chi connectivity index (χ0n) is 12.4. The number of nitrogens with zero attached hydrogens (tertiary/aromatic N) is 1. The minimum absolute atomic E-state index is 0.0135. The molecule has 0 bridgehead atoms. The van der Waals surface area contributed by atoms with Gasteiger partial charge in [-0.15, -0.1) is 0 Å². The number of nitrogens with one attached hydrogen (secondary N) is 2. The second kappa shape index (κ2) is 6.48. The van der Waals surface area contributed by atoms with Crippen molar-refractivity contribution in [1.29, 1.82) is 0 Å². The summed E-state index contributed by atoms with van der Waals surface area (Å²) >= 11 is 0. The molecule has 0 unspecified atom stereocenters. The number of aryl methyl sites for hydroxylation is 1. The second-order valence-corrected chi connectivity index (χ2v) is 5.39. The Kier molecular flexibility index (Phi) is 4.69. The molecule has 20 heavy (non-hydrogen) atoms. The zero-order chi connectivity index (χ0) is 14.5. The van der Waals surface area contributed by atoms with E-state index < -0.39 is 0 Å². The summed E-state index contributed by atoms with van der Waals surface area (Å²) in [6.45, 7) is 3.68. The molecule has 1 aromatic carbocycles. The van der Waals surface area contributed by atoms with Crippen molar-refractivity contribution >= 4 is 16.8 Å². The Balaban J connectivity index is 2.13. The van der Waals surface area contributed by atoms with Crippen molar-refractivity contribution in [2.45, 2.75) is 13.3 Å². The van der Waals surface area contributed by atoms with Crippen LogP contribution >= 0.6 is 0 Å². The van der Waals surface area contributed by atoms with Crippen molar-refractivity contribution in [3.05, 3.63) is 41.6 Å². The van der Waals surface area contributed by atoms with Crippen molar-refractivity contribution in [2.24, 2.45) is 0 Å². The monoisotopic (exact) mass is 272 g/mol. The highest BCUT2D eigenvalue weighted by Crippen LogP contribution is 2.17. The molecule has 0 aliphatic rings. The minimum Gasteiger partial charge on any atom is -0.352 e. The molecule has 0 aliphatic heterocycles. The molecular formula is C16H22N3O+. The van der Waals surface area contributed by atoms with Crippen LogP contribution < -0.4 is 10.2 Å². The van der Waals surface area contributed by atoms with Gasteiger partial charge in [-0.1, -0.05) is 18.2 Å². The molecule has 2 aromatic rings. The van der Waals surface area contributed by atoms with Crippen LogP contribution in [0.15, 0.2) is 30.3 Å². The number of rotatable bonds is 5. The zero-order valence-corrected chi connectivity index (χ0v) is 12.4. The van der Waals surface area contributed by atoms with E-state index in [2.05, 4.69) is 24.4 Å². The number of carbonyl (C=O) groups excluding carboxylic acids is 1. The van der Waals surface area contributed by atoms with Crippen LogP contribution in [-0.2, 0) is 0 Å². The summed E-state index contributed by atoms with van der Waals surface area (Å²) in [5, 5.41) is 3.90. The Hall–Kier alpha value is -1.94. The van der Waals surface area contributed by atoms with E-state index in [1.54, 1.807) is 0 Å². The highest BCUT2D eigenvalue weighted by atomic mass is 16.1. The SMILES string of the molecule is Cc1cc(C(=O)NCCC[NH+](C)C)c2ccccc2n1. The molecular weight excluding hydrogens is 250 g/mol. The maximum Gasteiger partial charge on any atom is 0.252 e. The number of hydrogen-bond acceptors (Lipinski definition) is 2. The largest absolute Gasteiger partial charge is 0.352 e. The first kappa shape index (κ1) is 14.5. The first-order chi connectivity index (χ1) is 9.58. The molecule has 1 heterocycles. The standard InChI is InChI=1S/C16H21N3O/c1-12-11-14(13-7-4-5-8-15(13)18-12)16(20)17-9-6-10-19(2)3/h4-5,7-8,11H,6,9-10H2,1-3H3,(H,17,20)/p+1. The Bertz CT molecular complexity index is 608. The van der Waals surface area contributed by atoms with Crippen LogP contribution in [0.1, 0.15) is 22.5 Å². The van der Waals surface area contributed by atoms with E-state index in [-0.39, 0.29) is 5.91 Å². The molecule has 0 saturated carbocycles. The molecule has 2 rings (SSSR count). The van der Waals surface area contributed by atoms with Crippen LogP contribution in [0.25, 0.3) is 10.9 Å². The molecule has 0 atom stereocenters. The molecule has 0 aliphatic carbocycles. The van der Waals surface area contributed by atoms with E-state index in [1.165, 1.54) is 4.90 Å². The predicted molar refractivity (Wildman–Crippen MR) is 81.1 cm³/mol. The van der Waals surface area contributed by atoms with Crippen molar-refractivity contribution in [2.75, 3.05) is 27.2 Å². The van der Waals surface area contributed by atoms with Crippen LogP contribution in [0.4, 0.5) is 0 Å². The van der Waals surface area contributed by atoms with E-state index >= 15 is 0 Å². The molecule has 0 fully saturated rings. The fourth-order valence-corrected chi connectivity index (χ4v) is 2.23. The number of quaternary nitrogens is 1. The number of amides is 1. The summed E-state index contributed by atoms with van der Waals surface area (Å²) in [5.41, 5.74) is 2.45. The average molecular weight is 272 g/mol. The molecule has 0 spiro atoms. The number of benzene rings is 1.